The summed E-state index contributed by atoms with van der Waals surface area (Å²) < 4.78 is 13.3. The summed E-state index contributed by atoms with van der Waals surface area (Å²) >= 11 is 0. The van der Waals surface area contributed by atoms with Crippen LogP contribution >= 0.6 is 0 Å². The fourth-order valence-electron chi connectivity index (χ4n) is 2.69. The Morgan fingerprint density at radius 1 is 1.41 bits per heavy atom. The van der Waals surface area contributed by atoms with Gasteiger partial charge in [0.25, 0.3) is 0 Å². The van der Waals surface area contributed by atoms with Gasteiger partial charge < -0.3 is 16.0 Å². The van der Waals surface area contributed by atoms with E-state index in [1.807, 2.05) is 26.0 Å². The number of halogens is 1. The van der Waals surface area contributed by atoms with Crippen LogP contribution in [0.2, 0.25) is 0 Å². The Morgan fingerprint density at radius 3 is 2.86 bits per heavy atom. The summed E-state index contributed by atoms with van der Waals surface area (Å²) in [4.78, 5) is 0. The molecule has 5 heteroatoms. The molecule has 0 unspecified atom stereocenters. The summed E-state index contributed by atoms with van der Waals surface area (Å²) in [5.41, 5.74) is 3.89. The normalized spacial score (nSPS) is 21.0. The van der Waals surface area contributed by atoms with E-state index in [2.05, 4.69) is 28.6 Å². The van der Waals surface area contributed by atoms with E-state index in [0.29, 0.717) is 30.9 Å². The van der Waals surface area contributed by atoms with Crippen LogP contribution in [0.4, 0.5) is 4.39 Å². The van der Waals surface area contributed by atoms with Crippen molar-refractivity contribution in [2.24, 2.45) is 0 Å². The molecule has 0 amide bonds. The fraction of sp³-hybridized carbons (Fsp3) is 0.471. The number of nitrogens with one attached hydrogen (secondary N) is 3. The predicted molar refractivity (Wildman–Crippen MR) is 85.9 cm³/mol. The highest BCUT2D eigenvalue weighted by molar-refractivity contribution is 5.43. The molecule has 0 radical (unpaired) electrons. The van der Waals surface area contributed by atoms with E-state index < -0.39 is 6.17 Å². The molecule has 1 aromatic rings. The molecule has 1 aliphatic heterocycles. The maximum Gasteiger partial charge on any atom is 0.114 e. The third-order valence-electron chi connectivity index (χ3n) is 3.97. The van der Waals surface area contributed by atoms with Crippen LogP contribution in [-0.2, 0) is 6.54 Å². The van der Waals surface area contributed by atoms with Crippen molar-refractivity contribution in [3.05, 3.63) is 46.8 Å². The van der Waals surface area contributed by atoms with Gasteiger partial charge in [-0.1, -0.05) is 12.6 Å². The van der Waals surface area contributed by atoms with Crippen LogP contribution in [0.25, 0.3) is 0 Å². The first-order chi connectivity index (χ1) is 10.5. The van der Waals surface area contributed by atoms with Gasteiger partial charge in [0.1, 0.15) is 6.17 Å². The van der Waals surface area contributed by atoms with Crippen molar-refractivity contribution in [3.63, 3.8) is 0 Å². The number of hydrogen-bond acceptors (Lipinski definition) is 4. The summed E-state index contributed by atoms with van der Waals surface area (Å²) in [6, 6.07) is 6.18. The lowest BCUT2D eigenvalue weighted by Crippen LogP contribution is -2.48. The molecule has 2 rings (SSSR count). The molecular weight excluding hydrogens is 279 g/mol. The second-order valence-electron chi connectivity index (χ2n) is 5.87. The van der Waals surface area contributed by atoms with Gasteiger partial charge in [-0.2, -0.15) is 5.26 Å². The number of alkyl halides is 1. The summed E-state index contributed by atoms with van der Waals surface area (Å²) in [6.07, 6.45) is -0.301. The molecule has 2 atom stereocenters. The van der Waals surface area contributed by atoms with Crippen molar-refractivity contribution in [3.8, 4) is 6.07 Å². The summed E-state index contributed by atoms with van der Waals surface area (Å²) in [6.45, 7) is 9.68. The van der Waals surface area contributed by atoms with Gasteiger partial charge in [-0.25, -0.2) is 4.39 Å². The van der Waals surface area contributed by atoms with E-state index >= 15 is 0 Å². The maximum atomic E-state index is 13.3. The zero-order chi connectivity index (χ0) is 16.1. The van der Waals surface area contributed by atoms with Crippen molar-refractivity contribution >= 4 is 0 Å². The Bertz CT molecular complexity index is 591. The Labute approximate surface area is 131 Å². The van der Waals surface area contributed by atoms with Crippen LogP contribution in [0.3, 0.4) is 0 Å². The topological polar surface area (TPSA) is 59.9 Å². The smallest absolute Gasteiger partial charge is 0.114 e. The first-order valence-corrected chi connectivity index (χ1v) is 7.54. The zero-order valence-corrected chi connectivity index (χ0v) is 13.2. The van der Waals surface area contributed by atoms with Crippen LogP contribution in [0.1, 0.15) is 28.7 Å². The lowest BCUT2D eigenvalue weighted by Gasteiger charge is -2.28. The molecule has 0 aliphatic carbocycles. The van der Waals surface area contributed by atoms with E-state index in [9.17, 15) is 4.39 Å². The number of rotatable bonds is 5. The summed E-state index contributed by atoms with van der Waals surface area (Å²) in [7, 11) is 0. The van der Waals surface area contributed by atoms with Crippen molar-refractivity contribution < 1.29 is 4.39 Å². The maximum absolute atomic E-state index is 13.3. The van der Waals surface area contributed by atoms with Gasteiger partial charge in [-0.3, -0.25) is 0 Å². The lowest BCUT2D eigenvalue weighted by molar-refractivity contribution is 0.233. The van der Waals surface area contributed by atoms with Crippen LogP contribution in [-0.4, -0.2) is 25.3 Å². The first kappa shape index (κ1) is 16.3. The van der Waals surface area contributed by atoms with Gasteiger partial charge in [0.2, 0.25) is 0 Å². The molecule has 1 aromatic carbocycles. The van der Waals surface area contributed by atoms with Gasteiger partial charge in [0.15, 0.2) is 0 Å². The molecule has 0 aromatic heterocycles. The summed E-state index contributed by atoms with van der Waals surface area (Å²) in [5, 5.41) is 18.5. The number of benzene rings is 1. The second kappa shape index (κ2) is 7.28. The molecule has 118 valence electrons. The van der Waals surface area contributed by atoms with E-state index in [1.165, 1.54) is 0 Å². The van der Waals surface area contributed by atoms with Crippen LogP contribution < -0.4 is 16.0 Å². The van der Waals surface area contributed by atoms with Crippen molar-refractivity contribution in [2.45, 2.75) is 39.0 Å². The molecule has 0 saturated carbocycles. The minimum atomic E-state index is -0.803. The Hall–Kier alpha value is -2.06. The highest BCUT2D eigenvalue weighted by Gasteiger charge is 2.20. The summed E-state index contributed by atoms with van der Waals surface area (Å²) in [5.74, 6) is 0.697. The molecule has 0 spiro atoms. The van der Waals surface area contributed by atoms with Gasteiger partial charge in [-0.05, 0) is 36.6 Å². The number of aryl methyl sites for hydroxylation is 2. The monoisotopic (exact) mass is 302 g/mol. The van der Waals surface area contributed by atoms with Crippen LogP contribution in [0, 0.1) is 25.2 Å². The highest BCUT2D eigenvalue weighted by Crippen LogP contribution is 2.15. The second-order valence-corrected chi connectivity index (χ2v) is 5.87. The van der Waals surface area contributed by atoms with Crippen molar-refractivity contribution in [2.75, 3.05) is 13.1 Å². The number of hydrogen-bond donors (Lipinski definition) is 3. The molecule has 22 heavy (non-hydrogen) atoms. The average molecular weight is 302 g/mol. The van der Waals surface area contributed by atoms with Gasteiger partial charge in [0, 0.05) is 32.1 Å². The van der Waals surface area contributed by atoms with Crippen molar-refractivity contribution in [1.82, 2.24) is 16.0 Å². The lowest BCUT2D eigenvalue weighted by atomic mass is 10.0. The molecule has 1 heterocycles. The molecule has 4 nitrogen and oxygen atoms in total. The molecule has 3 N–H and O–H groups in total. The molecular formula is C17H23FN4. The number of piperidine rings is 1. The highest BCUT2D eigenvalue weighted by atomic mass is 19.1. The predicted octanol–water partition coefficient (Wildman–Crippen LogP) is 2.03. The Kier molecular flexibility index (Phi) is 5.40. The van der Waals surface area contributed by atoms with E-state index in [1.54, 1.807) is 0 Å². The van der Waals surface area contributed by atoms with Gasteiger partial charge in [-0.15, -0.1) is 0 Å². The fourth-order valence-corrected chi connectivity index (χ4v) is 2.69. The molecule has 1 saturated heterocycles. The molecule has 1 fully saturated rings. The van der Waals surface area contributed by atoms with E-state index in [-0.39, 0.29) is 6.04 Å². The minimum absolute atomic E-state index is 0.0625. The van der Waals surface area contributed by atoms with E-state index in [4.69, 9.17) is 5.26 Å². The standard InChI is InChI=1S/C17H23FN4/c1-11-5-15(12(2)4-14(11)7-19)8-21-13(3)22-17-6-16(18)9-20-10-17/h4-5,16-17,20-22H,3,6,8-10H2,1-2H3/t16-,17+/m0/s1. The third kappa shape index (κ3) is 4.22. The van der Waals surface area contributed by atoms with Crippen LogP contribution in [0.15, 0.2) is 24.5 Å². The average Bonchev–Trinajstić information content (AvgIpc) is 2.47. The first-order valence-electron chi connectivity index (χ1n) is 7.54. The largest absolute Gasteiger partial charge is 0.368 e. The molecule has 0 bridgehead atoms. The third-order valence-corrected chi connectivity index (χ3v) is 3.97. The number of nitriles is 1. The Morgan fingerprint density at radius 2 is 2.18 bits per heavy atom. The quantitative estimate of drug-likeness (QED) is 0.779. The number of nitrogens with zero attached hydrogens (tertiary/aromatic N) is 1. The van der Waals surface area contributed by atoms with Gasteiger partial charge >= 0.3 is 0 Å². The minimum Gasteiger partial charge on any atom is -0.368 e. The van der Waals surface area contributed by atoms with Crippen LogP contribution in [0.5, 0.6) is 0 Å². The van der Waals surface area contributed by atoms with Gasteiger partial charge in [0.05, 0.1) is 17.5 Å². The zero-order valence-electron chi connectivity index (χ0n) is 13.2. The van der Waals surface area contributed by atoms with E-state index in [0.717, 1.165) is 23.2 Å². The Balaban J connectivity index is 1.89. The van der Waals surface area contributed by atoms with Crippen molar-refractivity contribution in [1.29, 1.82) is 5.26 Å². The molecule has 1 aliphatic rings. The SMILES string of the molecule is C=C(NCc1cc(C)c(C#N)cc1C)N[C@H]1CNC[C@@H](F)C1.